The van der Waals surface area contributed by atoms with Crippen molar-refractivity contribution in [1.82, 2.24) is 25.1 Å². The van der Waals surface area contributed by atoms with Gasteiger partial charge in [0.25, 0.3) is 0 Å². The Morgan fingerprint density at radius 1 is 1.00 bits per heavy atom. The Bertz CT molecular complexity index is 1410. The molecule has 6 rings (SSSR count). The first-order chi connectivity index (χ1) is 14.9. The van der Waals surface area contributed by atoms with Crippen LogP contribution in [0.25, 0.3) is 39.3 Å². The highest BCUT2D eigenvalue weighted by molar-refractivity contribution is 7.11. The summed E-state index contributed by atoms with van der Waals surface area (Å²) in [4.78, 5) is 13.7. The fourth-order valence-electron chi connectivity index (χ4n) is 3.69. The molecule has 3 N–H and O–H groups in total. The predicted molar refractivity (Wildman–Crippen MR) is 121 cm³/mol. The van der Waals surface area contributed by atoms with Crippen molar-refractivity contribution < 1.29 is 0 Å². The Morgan fingerprint density at radius 2 is 1.93 bits per heavy atom. The Kier molecular flexibility index (Phi) is 3.85. The van der Waals surface area contributed by atoms with E-state index in [0.29, 0.717) is 0 Å². The van der Waals surface area contributed by atoms with E-state index in [0.717, 1.165) is 45.1 Å². The molecule has 0 aromatic carbocycles. The summed E-state index contributed by atoms with van der Waals surface area (Å²) in [5, 5.41) is 13.1. The van der Waals surface area contributed by atoms with E-state index in [1.165, 1.54) is 10.5 Å². The largest absolute Gasteiger partial charge is 0.348 e. The third kappa shape index (κ3) is 2.75. The van der Waals surface area contributed by atoms with Gasteiger partial charge in [-0.25, -0.2) is 4.98 Å². The van der Waals surface area contributed by atoms with E-state index in [4.69, 9.17) is 4.98 Å². The number of thiophene rings is 1. The maximum atomic E-state index is 4.89. The zero-order valence-corrected chi connectivity index (χ0v) is 16.6. The van der Waals surface area contributed by atoms with Crippen molar-refractivity contribution in [2.75, 3.05) is 5.32 Å². The van der Waals surface area contributed by atoms with Crippen LogP contribution in [-0.4, -0.2) is 25.1 Å². The Balaban J connectivity index is 1.48. The summed E-state index contributed by atoms with van der Waals surface area (Å²) < 4.78 is 0. The van der Waals surface area contributed by atoms with Crippen molar-refractivity contribution in [3.05, 3.63) is 89.0 Å². The van der Waals surface area contributed by atoms with E-state index < -0.39 is 0 Å². The van der Waals surface area contributed by atoms with Crippen LogP contribution in [0.2, 0.25) is 0 Å². The quantitative estimate of drug-likeness (QED) is 0.371. The van der Waals surface area contributed by atoms with Gasteiger partial charge in [0.2, 0.25) is 0 Å². The topological polar surface area (TPSA) is 82.3 Å². The predicted octanol–water partition coefficient (Wildman–Crippen LogP) is 5.45. The molecule has 7 heteroatoms. The molecule has 1 aliphatic rings. The van der Waals surface area contributed by atoms with Gasteiger partial charge in [-0.15, -0.1) is 11.3 Å². The molecule has 0 aliphatic carbocycles. The number of hydrogen-bond donors (Lipinski definition) is 3. The van der Waals surface area contributed by atoms with Gasteiger partial charge >= 0.3 is 0 Å². The van der Waals surface area contributed by atoms with Gasteiger partial charge in [-0.1, -0.05) is 12.1 Å². The Labute approximate surface area is 176 Å². The molecule has 6 nitrogen and oxygen atoms in total. The fraction of sp³-hybridized carbons (Fsp3) is 0. The molecule has 1 aliphatic heterocycles. The van der Waals surface area contributed by atoms with Crippen LogP contribution in [0.5, 0.6) is 0 Å². The molecular weight excluding hydrogens is 392 g/mol. The number of allylic oxidation sites excluding steroid dienone is 2. The smallest absolute Gasteiger partial charge is 0.135 e. The summed E-state index contributed by atoms with van der Waals surface area (Å²) in [5.74, 6) is 0.944. The van der Waals surface area contributed by atoms with Crippen LogP contribution < -0.4 is 5.32 Å². The number of fused-ring (bicyclic) bond motifs is 2. The molecule has 0 fully saturated rings. The average molecular weight is 408 g/mol. The van der Waals surface area contributed by atoms with Gasteiger partial charge in [0.15, 0.2) is 0 Å². The standard InChI is InChI=1S/C23H16N6S/c1-3-15(20-4-2-12-30-20)16-13-19(27-23(16)25-9-1)22-21-18(28-29-22)6-5-17(26-21)14-7-10-24-11-8-14/h1-13,25,27H,(H,28,29). The van der Waals surface area contributed by atoms with Crippen molar-refractivity contribution in [2.24, 2.45) is 0 Å². The lowest BCUT2D eigenvalue weighted by atomic mass is 10.1. The molecule has 5 aromatic heterocycles. The number of nitrogens with zero attached hydrogens (tertiary/aromatic N) is 3. The summed E-state index contributed by atoms with van der Waals surface area (Å²) in [6.45, 7) is 0. The number of aromatic nitrogens is 5. The van der Waals surface area contributed by atoms with Gasteiger partial charge in [-0.05, 0) is 47.9 Å². The number of hydrogen-bond acceptors (Lipinski definition) is 5. The van der Waals surface area contributed by atoms with Crippen molar-refractivity contribution in [3.63, 3.8) is 0 Å². The lowest BCUT2D eigenvalue weighted by Gasteiger charge is -2.03. The van der Waals surface area contributed by atoms with Gasteiger partial charge in [-0.2, -0.15) is 5.10 Å². The third-order valence-corrected chi connectivity index (χ3v) is 6.02. The number of nitrogens with one attached hydrogen (secondary N) is 3. The molecule has 0 radical (unpaired) electrons. The molecule has 0 unspecified atom stereocenters. The molecule has 0 amide bonds. The minimum absolute atomic E-state index is 0.797. The van der Waals surface area contributed by atoms with Crippen LogP contribution in [0.1, 0.15) is 10.4 Å². The number of anilines is 1. The van der Waals surface area contributed by atoms with E-state index in [9.17, 15) is 0 Å². The normalized spacial score (nSPS) is 13.0. The average Bonchev–Trinajstić information content (AvgIpc) is 3.52. The zero-order valence-electron chi connectivity index (χ0n) is 15.8. The number of rotatable bonds is 3. The second kappa shape index (κ2) is 6.82. The van der Waals surface area contributed by atoms with Crippen LogP contribution in [0, 0.1) is 0 Å². The molecule has 0 bridgehead atoms. The lowest BCUT2D eigenvalue weighted by molar-refractivity contribution is 1.12. The summed E-state index contributed by atoms with van der Waals surface area (Å²) in [7, 11) is 0. The first-order valence-corrected chi connectivity index (χ1v) is 10.4. The highest BCUT2D eigenvalue weighted by Gasteiger charge is 2.19. The fourth-order valence-corrected chi connectivity index (χ4v) is 4.46. The van der Waals surface area contributed by atoms with Crippen LogP contribution in [0.4, 0.5) is 5.82 Å². The van der Waals surface area contributed by atoms with Crippen LogP contribution in [0.3, 0.4) is 0 Å². The summed E-state index contributed by atoms with van der Waals surface area (Å²) in [5.41, 5.74) is 7.64. The van der Waals surface area contributed by atoms with Crippen LogP contribution in [-0.2, 0) is 0 Å². The molecule has 144 valence electrons. The van der Waals surface area contributed by atoms with Crippen molar-refractivity contribution in [2.45, 2.75) is 0 Å². The maximum absolute atomic E-state index is 4.89. The Morgan fingerprint density at radius 3 is 2.80 bits per heavy atom. The van der Waals surface area contributed by atoms with E-state index >= 15 is 0 Å². The highest BCUT2D eigenvalue weighted by atomic mass is 32.1. The van der Waals surface area contributed by atoms with Crippen molar-refractivity contribution in [3.8, 4) is 22.6 Å². The van der Waals surface area contributed by atoms with Crippen LogP contribution in [0.15, 0.2) is 78.6 Å². The molecule has 0 atom stereocenters. The van der Waals surface area contributed by atoms with E-state index in [-0.39, 0.29) is 0 Å². The zero-order chi connectivity index (χ0) is 19.9. The van der Waals surface area contributed by atoms with Gasteiger partial charge < -0.3 is 10.3 Å². The molecule has 0 saturated heterocycles. The van der Waals surface area contributed by atoms with Crippen molar-refractivity contribution >= 4 is 33.8 Å². The van der Waals surface area contributed by atoms with Gasteiger partial charge in [0, 0.05) is 40.2 Å². The monoisotopic (exact) mass is 408 g/mol. The van der Waals surface area contributed by atoms with Gasteiger partial charge in [-0.3, -0.25) is 10.1 Å². The minimum atomic E-state index is 0.797. The molecule has 0 spiro atoms. The molecule has 6 heterocycles. The number of H-pyrrole nitrogens is 2. The first-order valence-electron chi connectivity index (χ1n) is 9.53. The molecular formula is C23H16N6S. The summed E-state index contributed by atoms with van der Waals surface area (Å²) in [6.07, 6.45) is 9.64. The van der Waals surface area contributed by atoms with E-state index in [1.54, 1.807) is 23.7 Å². The lowest BCUT2D eigenvalue weighted by Crippen LogP contribution is -1.90. The molecule has 30 heavy (non-hydrogen) atoms. The van der Waals surface area contributed by atoms with E-state index in [1.807, 2.05) is 36.5 Å². The maximum Gasteiger partial charge on any atom is 0.135 e. The summed E-state index contributed by atoms with van der Waals surface area (Å²) in [6, 6.07) is 14.3. The van der Waals surface area contributed by atoms with Crippen LogP contribution >= 0.6 is 11.3 Å². The molecule has 5 aromatic rings. The van der Waals surface area contributed by atoms with Gasteiger partial charge in [0.1, 0.15) is 17.0 Å². The third-order valence-electron chi connectivity index (χ3n) is 5.12. The molecule has 0 saturated carbocycles. The Hall–Kier alpha value is -3.97. The number of aromatic amines is 2. The van der Waals surface area contributed by atoms with Crippen molar-refractivity contribution in [1.29, 1.82) is 0 Å². The highest BCUT2D eigenvalue weighted by Crippen LogP contribution is 2.37. The first kappa shape index (κ1) is 16.9. The van der Waals surface area contributed by atoms with Gasteiger partial charge in [0.05, 0.1) is 16.9 Å². The number of pyridine rings is 2. The minimum Gasteiger partial charge on any atom is -0.348 e. The SMILES string of the molecule is C1=CNc2[nH]c(-c3n[nH]c4ccc(-c5ccncc5)nc34)cc2C(c2cccs2)=C1. The van der Waals surface area contributed by atoms with E-state index in [2.05, 4.69) is 55.1 Å². The summed E-state index contributed by atoms with van der Waals surface area (Å²) >= 11 is 1.73. The second-order valence-electron chi connectivity index (χ2n) is 6.93. The second-order valence-corrected chi connectivity index (χ2v) is 7.88.